The van der Waals surface area contributed by atoms with Gasteiger partial charge in [-0.1, -0.05) is 6.07 Å². The van der Waals surface area contributed by atoms with Crippen molar-refractivity contribution >= 4 is 23.0 Å². The fourth-order valence-corrected chi connectivity index (χ4v) is 4.92. The van der Waals surface area contributed by atoms with Gasteiger partial charge in [0.05, 0.1) is 29.1 Å². The van der Waals surface area contributed by atoms with Crippen LogP contribution in [0.25, 0.3) is 0 Å². The maximum atomic E-state index is 13.4. The van der Waals surface area contributed by atoms with Crippen molar-refractivity contribution in [2.45, 2.75) is 19.0 Å². The first-order valence-electron chi connectivity index (χ1n) is 11.2. The van der Waals surface area contributed by atoms with E-state index in [2.05, 4.69) is 20.1 Å². The van der Waals surface area contributed by atoms with Crippen LogP contribution in [0.3, 0.4) is 0 Å². The van der Waals surface area contributed by atoms with E-state index in [0.29, 0.717) is 32.6 Å². The number of fused-ring (bicyclic) bond motifs is 3. The van der Waals surface area contributed by atoms with E-state index in [9.17, 15) is 19.3 Å². The van der Waals surface area contributed by atoms with Gasteiger partial charge in [0, 0.05) is 49.3 Å². The Hall–Kier alpha value is -4.01. The summed E-state index contributed by atoms with van der Waals surface area (Å²) in [6, 6.07) is 16.7. The first-order valence-corrected chi connectivity index (χ1v) is 11.2. The van der Waals surface area contributed by atoms with Crippen molar-refractivity contribution in [3.8, 4) is 0 Å². The first-order chi connectivity index (χ1) is 16.5. The third-order valence-corrected chi connectivity index (χ3v) is 6.60. The summed E-state index contributed by atoms with van der Waals surface area (Å²) in [4.78, 5) is 32.9. The number of rotatable bonds is 5. The number of piperazine rings is 1. The summed E-state index contributed by atoms with van der Waals surface area (Å²) in [5, 5.41) is 14.3. The molecule has 1 amide bonds. The zero-order valence-electron chi connectivity index (χ0n) is 18.4. The number of anilines is 2. The number of hydrogen-bond donors (Lipinski definition) is 1. The lowest BCUT2D eigenvalue weighted by Gasteiger charge is -2.49. The number of benzene rings is 2. The molecule has 0 aliphatic carbocycles. The van der Waals surface area contributed by atoms with Crippen molar-refractivity contribution in [1.82, 2.24) is 10.3 Å². The van der Waals surface area contributed by atoms with Crippen LogP contribution in [0.4, 0.5) is 21.5 Å². The summed E-state index contributed by atoms with van der Waals surface area (Å²) in [6.07, 6.45) is 2.09. The monoisotopic (exact) mass is 461 g/mol. The van der Waals surface area contributed by atoms with Gasteiger partial charge in [-0.2, -0.15) is 0 Å². The third kappa shape index (κ3) is 4.28. The highest BCUT2D eigenvalue weighted by Crippen LogP contribution is 2.38. The second-order valence-electron chi connectivity index (χ2n) is 8.60. The molecule has 2 aliphatic heterocycles. The second kappa shape index (κ2) is 9.09. The van der Waals surface area contributed by atoms with E-state index >= 15 is 0 Å². The van der Waals surface area contributed by atoms with E-state index in [1.807, 2.05) is 18.2 Å². The van der Waals surface area contributed by atoms with Gasteiger partial charge in [0.1, 0.15) is 5.82 Å². The predicted octanol–water partition coefficient (Wildman–Crippen LogP) is 3.31. The first kappa shape index (κ1) is 21.8. The van der Waals surface area contributed by atoms with Crippen molar-refractivity contribution < 1.29 is 14.1 Å². The highest BCUT2D eigenvalue weighted by molar-refractivity contribution is 5.82. The maximum Gasteiger partial charge on any atom is 0.269 e. The fraction of sp³-hybridized carbons (Fsp3) is 0.280. The average Bonchev–Trinajstić information content (AvgIpc) is 2.87. The van der Waals surface area contributed by atoms with Crippen LogP contribution in [0.15, 0.2) is 66.9 Å². The lowest BCUT2D eigenvalue weighted by molar-refractivity contribution is -0.384. The number of carbonyl (C=O) groups is 1. The maximum absolute atomic E-state index is 13.4. The Kier molecular flexibility index (Phi) is 5.83. The number of nitrogens with one attached hydrogen (secondary N) is 1. The summed E-state index contributed by atoms with van der Waals surface area (Å²) in [6.45, 7) is 2.24. The normalized spacial score (nSPS) is 19.2. The van der Waals surface area contributed by atoms with E-state index in [1.165, 1.54) is 18.2 Å². The van der Waals surface area contributed by atoms with E-state index in [0.717, 1.165) is 22.6 Å². The summed E-state index contributed by atoms with van der Waals surface area (Å²) < 4.78 is 13.4. The topological polar surface area (TPSA) is 91.6 Å². The minimum atomic E-state index is -0.408. The number of amides is 1. The Morgan fingerprint density at radius 3 is 2.71 bits per heavy atom. The quantitative estimate of drug-likeness (QED) is 0.463. The molecule has 0 radical (unpaired) electrons. The number of hydrogen-bond acceptors (Lipinski definition) is 6. The SMILES string of the molecule is O=C(NCc1ccccn1)C1Cc2cc([N+](=O)[O-])ccc2N2CCN(c3ccc(F)cc3)CC12. The third-order valence-electron chi connectivity index (χ3n) is 6.60. The predicted molar refractivity (Wildman–Crippen MR) is 126 cm³/mol. The number of carbonyl (C=O) groups excluding carboxylic acids is 1. The van der Waals surface area contributed by atoms with Gasteiger partial charge in [-0.05, 0) is 54.4 Å². The van der Waals surface area contributed by atoms with Crippen LogP contribution in [-0.2, 0) is 17.8 Å². The van der Waals surface area contributed by atoms with Gasteiger partial charge in [0.15, 0.2) is 0 Å². The molecule has 2 atom stereocenters. The Morgan fingerprint density at radius 2 is 1.97 bits per heavy atom. The van der Waals surface area contributed by atoms with Crippen LogP contribution in [0, 0.1) is 21.8 Å². The molecule has 34 heavy (non-hydrogen) atoms. The Morgan fingerprint density at radius 1 is 1.15 bits per heavy atom. The highest BCUT2D eigenvalue weighted by atomic mass is 19.1. The Bertz CT molecular complexity index is 1200. The van der Waals surface area contributed by atoms with Crippen LogP contribution in [-0.4, -0.2) is 41.5 Å². The standard InChI is InChI=1S/C25H24FN5O3/c26-18-4-6-20(7-5-18)29-11-12-30-23-9-8-21(31(33)34)13-17(23)14-22(24(30)16-29)25(32)28-15-19-3-1-2-10-27-19/h1-10,13,22,24H,11-12,14-16H2,(H,28,32). The number of halogens is 1. The molecule has 174 valence electrons. The molecule has 5 rings (SSSR count). The Labute approximate surface area is 196 Å². The molecule has 2 unspecified atom stereocenters. The van der Waals surface area contributed by atoms with Gasteiger partial charge >= 0.3 is 0 Å². The van der Waals surface area contributed by atoms with Gasteiger partial charge in [-0.3, -0.25) is 19.9 Å². The second-order valence-corrected chi connectivity index (χ2v) is 8.60. The zero-order chi connectivity index (χ0) is 23.7. The molecule has 3 heterocycles. The molecule has 0 saturated carbocycles. The molecule has 0 spiro atoms. The minimum absolute atomic E-state index is 0.0230. The van der Waals surface area contributed by atoms with E-state index in [-0.39, 0.29) is 23.5 Å². The molecular formula is C25H24FN5O3. The number of aromatic nitrogens is 1. The highest BCUT2D eigenvalue weighted by Gasteiger charge is 2.42. The van der Waals surface area contributed by atoms with Gasteiger partial charge in [0.25, 0.3) is 5.69 Å². The minimum Gasteiger partial charge on any atom is -0.368 e. The molecule has 2 aliphatic rings. The number of nitro groups is 1. The molecule has 9 heteroatoms. The van der Waals surface area contributed by atoms with Crippen molar-refractivity contribution in [3.63, 3.8) is 0 Å². The van der Waals surface area contributed by atoms with Crippen LogP contribution < -0.4 is 15.1 Å². The van der Waals surface area contributed by atoms with E-state index < -0.39 is 10.8 Å². The van der Waals surface area contributed by atoms with Gasteiger partial charge in [0.2, 0.25) is 5.91 Å². The zero-order valence-corrected chi connectivity index (χ0v) is 18.4. The van der Waals surface area contributed by atoms with E-state index in [4.69, 9.17) is 0 Å². The molecule has 8 nitrogen and oxygen atoms in total. The summed E-state index contributed by atoms with van der Waals surface area (Å²) >= 11 is 0. The molecule has 2 aromatic carbocycles. The molecule has 1 fully saturated rings. The van der Waals surface area contributed by atoms with Crippen molar-refractivity contribution in [3.05, 3.63) is 94.0 Å². The van der Waals surface area contributed by atoms with Crippen molar-refractivity contribution in [2.24, 2.45) is 5.92 Å². The molecule has 3 aromatic rings. The van der Waals surface area contributed by atoms with Crippen LogP contribution in [0.1, 0.15) is 11.3 Å². The summed E-state index contributed by atoms with van der Waals surface area (Å²) in [5.74, 6) is -0.803. The largest absolute Gasteiger partial charge is 0.368 e. The van der Waals surface area contributed by atoms with Crippen LogP contribution in [0.5, 0.6) is 0 Å². The number of pyridine rings is 1. The fourth-order valence-electron chi connectivity index (χ4n) is 4.92. The Balaban J connectivity index is 1.43. The van der Waals surface area contributed by atoms with Crippen LogP contribution >= 0.6 is 0 Å². The van der Waals surface area contributed by atoms with Crippen molar-refractivity contribution in [2.75, 3.05) is 29.4 Å². The molecule has 1 saturated heterocycles. The molecule has 1 N–H and O–H groups in total. The smallest absolute Gasteiger partial charge is 0.269 e. The lowest BCUT2D eigenvalue weighted by Crippen LogP contribution is -2.61. The molecule has 0 bridgehead atoms. The molecule has 1 aromatic heterocycles. The van der Waals surface area contributed by atoms with Gasteiger partial charge < -0.3 is 15.1 Å². The van der Waals surface area contributed by atoms with Crippen molar-refractivity contribution in [1.29, 1.82) is 0 Å². The summed E-state index contributed by atoms with van der Waals surface area (Å²) in [7, 11) is 0. The van der Waals surface area contributed by atoms with Crippen LogP contribution in [0.2, 0.25) is 0 Å². The lowest BCUT2D eigenvalue weighted by atomic mass is 9.83. The average molecular weight is 461 g/mol. The number of nitrogens with zero attached hydrogens (tertiary/aromatic N) is 4. The molecular weight excluding hydrogens is 437 g/mol. The summed E-state index contributed by atoms with van der Waals surface area (Å²) in [5.41, 5.74) is 3.43. The number of nitro benzene ring substituents is 1. The van der Waals surface area contributed by atoms with Gasteiger partial charge in [-0.15, -0.1) is 0 Å². The number of non-ortho nitro benzene ring substituents is 1. The van der Waals surface area contributed by atoms with E-state index in [1.54, 1.807) is 30.5 Å². The van der Waals surface area contributed by atoms with Gasteiger partial charge in [-0.25, -0.2) is 4.39 Å².